The smallest absolute Gasteiger partial charge is 0.293 e. The largest absolute Gasteiger partial charge is 0.390 e. The quantitative estimate of drug-likeness (QED) is 0.533. The molecule has 2 aromatic rings. The van der Waals surface area contributed by atoms with Crippen LogP contribution in [-0.4, -0.2) is 12.0 Å². The summed E-state index contributed by atoms with van der Waals surface area (Å²) in [6.07, 6.45) is -5.10. The van der Waals surface area contributed by atoms with E-state index in [-0.39, 0.29) is 18.6 Å². The number of benzene rings is 1. The summed E-state index contributed by atoms with van der Waals surface area (Å²) in [7, 11) is 0. The molecule has 23 heavy (non-hydrogen) atoms. The monoisotopic (exact) mass is 336 g/mol. The third kappa shape index (κ3) is 6.29. The van der Waals surface area contributed by atoms with E-state index >= 15 is 0 Å². The van der Waals surface area contributed by atoms with E-state index in [2.05, 4.69) is 11.8 Å². The van der Waals surface area contributed by atoms with Crippen molar-refractivity contribution in [2.45, 2.75) is 25.4 Å². The van der Waals surface area contributed by atoms with Gasteiger partial charge in [0.05, 0.1) is 11.3 Å². The van der Waals surface area contributed by atoms with E-state index in [1.54, 1.807) is 41.8 Å². The number of ketones is 1. The van der Waals surface area contributed by atoms with Gasteiger partial charge in [0.1, 0.15) is 0 Å². The van der Waals surface area contributed by atoms with Gasteiger partial charge in [-0.1, -0.05) is 36.1 Å². The van der Waals surface area contributed by atoms with Gasteiger partial charge in [-0.2, -0.15) is 13.2 Å². The molecule has 2 rings (SSSR count). The zero-order chi connectivity index (χ0) is 16.7. The average molecular weight is 336 g/mol. The molecule has 0 radical (unpaired) electrons. The van der Waals surface area contributed by atoms with Crippen LogP contribution in [0.5, 0.6) is 0 Å². The molecule has 0 N–H and O–H groups in total. The number of thiophene rings is 1. The number of alkyl halides is 3. The van der Waals surface area contributed by atoms with Crippen molar-refractivity contribution < 1.29 is 18.0 Å². The van der Waals surface area contributed by atoms with E-state index in [0.29, 0.717) is 10.4 Å². The predicted octanol–water partition coefficient (Wildman–Crippen LogP) is 5.33. The molecule has 0 aliphatic carbocycles. The van der Waals surface area contributed by atoms with Crippen LogP contribution in [0.25, 0.3) is 0 Å². The number of hydrogen-bond acceptors (Lipinski definition) is 2. The van der Waals surface area contributed by atoms with E-state index in [4.69, 9.17) is 0 Å². The van der Waals surface area contributed by atoms with Crippen molar-refractivity contribution in [3.05, 3.63) is 58.3 Å². The van der Waals surface area contributed by atoms with Gasteiger partial charge in [0, 0.05) is 17.9 Å². The summed E-state index contributed by atoms with van der Waals surface area (Å²) in [4.78, 5) is 12.5. The first-order valence-electron chi connectivity index (χ1n) is 7.14. The molecule has 0 spiro atoms. The van der Waals surface area contributed by atoms with Gasteiger partial charge in [-0.25, -0.2) is 0 Å². The standard InChI is InChI=1S/C18H15F3OS/c19-18(20,21)13-15(9-8-14-5-2-1-3-6-14)10-11-16(22)17-7-4-12-23-17/h1-7,12,15H,10-11,13H2. The van der Waals surface area contributed by atoms with Gasteiger partial charge in [0.15, 0.2) is 5.78 Å². The summed E-state index contributed by atoms with van der Waals surface area (Å²) in [5.41, 5.74) is 0.671. The molecular weight excluding hydrogens is 321 g/mol. The highest BCUT2D eigenvalue weighted by atomic mass is 32.1. The predicted molar refractivity (Wildman–Crippen MR) is 85.4 cm³/mol. The van der Waals surface area contributed by atoms with Gasteiger partial charge >= 0.3 is 6.18 Å². The average Bonchev–Trinajstić information content (AvgIpc) is 3.04. The Morgan fingerprint density at radius 2 is 1.87 bits per heavy atom. The van der Waals surface area contributed by atoms with Gasteiger partial charge in [-0.15, -0.1) is 11.3 Å². The molecule has 1 heterocycles. The molecule has 0 saturated heterocycles. The van der Waals surface area contributed by atoms with Crippen LogP contribution in [0.4, 0.5) is 13.2 Å². The normalized spacial score (nSPS) is 12.3. The zero-order valence-corrected chi connectivity index (χ0v) is 13.1. The van der Waals surface area contributed by atoms with Crippen LogP contribution >= 0.6 is 11.3 Å². The number of carbonyl (C=O) groups is 1. The van der Waals surface area contributed by atoms with Gasteiger partial charge in [-0.3, -0.25) is 4.79 Å². The molecule has 0 fully saturated rings. The maximum atomic E-state index is 12.7. The molecule has 0 amide bonds. The maximum absolute atomic E-state index is 12.7. The molecule has 1 aromatic heterocycles. The Hall–Kier alpha value is -2.06. The molecule has 1 atom stereocenters. The minimum atomic E-state index is -4.29. The van der Waals surface area contributed by atoms with Crippen LogP contribution in [0.15, 0.2) is 47.8 Å². The Labute approximate surface area is 137 Å². The lowest BCUT2D eigenvalue weighted by molar-refractivity contribution is -0.140. The van der Waals surface area contributed by atoms with Gasteiger partial charge in [0.2, 0.25) is 0 Å². The first-order chi connectivity index (χ1) is 10.9. The molecule has 1 unspecified atom stereocenters. The van der Waals surface area contributed by atoms with E-state index in [9.17, 15) is 18.0 Å². The number of hydrogen-bond donors (Lipinski definition) is 0. The lowest BCUT2D eigenvalue weighted by atomic mass is 9.97. The van der Waals surface area contributed by atoms with Crippen molar-refractivity contribution in [2.24, 2.45) is 5.92 Å². The second-order valence-electron chi connectivity index (χ2n) is 5.09. The van der Waals surface area contributed by atoms with Crippen molar-refractivity contribution in [2.75, 3.05) is 0 Å². The third-order valence-corrected chi connectivity index (χ3v) is 4.10. The minimum Gasteiger partial charge on any atom is -0.293 e. The van der Waals surface area contributed by atoms with Crippen molar-refractivity contribution >= 4 is 17.1 Å². The van der Waals surface area contributed by atoms with Gasteiger partial charge in [0.25, 0.3) is 0 Å². The van der Waals surface area contributed by atoms with Crippen molar-refractivity contribution in [1.29, 1.82) is 0 Å². The lowest BCUT2D eigenvalue weighted by Crippen LogP contribution is -2.15. The summed E-state index contributed by atoms with van der Waals surface area (Å²) in [5, 5.41) is 1.77. The Morgan fingerprint density at radius 3 is 2.48 bits per heavy atom. The third-order valence-electron chi connectivity index (χ3n) is 3.19. The van der Waals surface area contributed by atoms with E-state index in [1.807, 2.05) is 6.07 Å². The SMILES string of the molecule is O=C(CCC(C#Cc1ccccc1)CC(F)(F)F)c1cccs1. The first kappa shape index (κ1) is 17.3. The molecule has 0 saturated carbocycles. The molecule has 0 aliphatic heterocycles. The Kier molecular flexibility index (Phi) is 6.00. The summed E-state index contributed by atoms with van der Waals surface area (Å²) >= 11 is 1.30. The van der Waals surface area contributed by atoms with Crippen LogP contribution in [0.2, 0.25) is 0 Å². The van der Waals surface area contributed by atoms with Crippen molar-refractivity contribution in [3.8, 4) is 11.8 Å². The second kappa shape index (κ2) is 7.98. The molecule has 1 aromatic carbocycles. The highest BCUT2D eigenvalue weighted by Crippen LogP contribution is 2.27. The van der Waals surface area contributed by atoms with Gasteiger partial charge in [-0.05, 0) is 30.0 Å². The lowest BCUT2D eigenvalue weighted by Gasteiger charge is -2.12. The fourth-order valence-electron chi connectivity index (χ4n) is 2.08. The Balaban J connectivity index is 2.03. The number of halogens is 3. The van der Waals surface area contributed by atoms with Crippen molar-refractivity contribution in [3.63, 3.8) is 0 Å². The number of rotatable bonds is 5. The summed E-state index contributed by atoms with van der Waals surface area (Å²) in [6, 6.07) is 12.3. The van der Waals surface area contributed by atoms with Gasteiger partial charge < -0.3 is 0 Å². The number of Topliss-reactive ketones (excluding diaryl/α,β-unsaturated/α-hetero) is 1. The van der Waals surface area contributed by atoms with E-state index in [1.165, 1.54) is 11.3 Å². The van der Waals surface area contributed by atoms with E-state index < -0.39 is 18.5 Å². The zero-order valence-electron chi connectivity index (χ0n) is 12.3. The first-order valence-corrected chi connectivity index (χ1v) is 8.02. The molecule has 120 valence electrons. The van der Waals surface area contributed by atoms with Crippen LogP contribution in [0.1, 0.15) is 34.5 Å². The van der Waals surface area contributed by atoms with Crippen LogP contribution in [0, 0.1) is 17.8 Å². The maximum Gasteiger partial charge on any atom is 0.390 e. The molecule has 5 heteroatoms. The molecule has 0 aliphatic rings. The highest BCUT2D eigenvalue weighted by Gasteiger charge is 2.31. The minimum absolute atomic E-state index is 0.0741. The Morgan fingerprint density at radius 1 is 1.13 bits per heavy atom. The van der Waals surface area contributed by atoms with Crippen LogP contribution in [-0.2, 0) is 0 Å². The van der Waals surface area contributed by atoms with Crippen molar-refractivity contribution in [1.82, 2.24) is 0 Å². The van der Waals surface area contributed by atoms with E-state index in [0.717, 1.165) is 0 Å². The number of carbonyl (C=O) groups excluding carboxylic acids is 1. The summed E-state index contributed by atoms with van der Waals surface area (Å²) in [6.45, 7) is 0. The fourth-order valence-corrected chi connectivity index (χ4v) is 2.77. The summed E-state index contributed by atoms with van der Waals surface area (Å²) in [5.74, 6) is 4.43. The highest BCUT2D eigenvalue weighted by molar-refractivity contribution is 7.12. The van der Waals surface area contributed by atoms with Crippen LogP contribution < -0.4 is 0 Å². The molecule has 0 bridgehead atoms. The van der Waals surface area contributed by atoms with Crippen LogP contribution in [0.3, 0.4) is 0 Å². The second-order valence-corrected chi connectivity index (χ2v) is 6.04. The topological polar surface area (TPSA) is 17.1 Å². The molecular formula is C18H15F3OS. The Bertz CT molecular complexity index is 679. The molecule has 1 nitrogen and oxygen atoms in total. The summed E-state index contributed by atoms with van der Waals surface area (Å²) < 4.78 is 38.0. The fraction of sp³-hybridized carbons (Fsp3) is 0.278.